The molecule has 5 rings (SSSR count). The van der Waals surface area contributed by atoms with E-state index in [1.54, 1.807) is 6.20 Å². The monoisotopic (exact) mass is 490 g/mol. The zero-order valence-corrected chi connectivity index (χ0v) is 20.9. The van der Waals surface area contributed by atoms with Gasteiger partial charge in [0.15, 0.2) is 12.1 Å². The number of rotatable bonds is 8. The van der Waals surface area contributed by atoms with Crippen LogP contribution in [-0.2, 0) is 20.8 Å². The minimum atomic E-state index is -0.169. The van der Waals surface area contributed by atoms with Gasteiger partial charge in [0.2, 0.25) is 0 Å². The molecule has 1 aromatic carbocycles. The van der Waals surface area contributed by atoms with E-state index in [1.807, 2.05) is 48.0 Å². The Labute approximate surface area is 212 Å². The predicted molar refractivity (Wildman–Crippen MR) is 135 cm³/mol. The summed E-state index contributed by atoms with van der Waals surface area (Å²) in [6, 6.07) is 10.1. The minimum absolute atomic E-state index is 0.157. The quantitative estimate of drug-likeness (QED) is 0.437. The summed E-state index contributed by atoms with van der Waals surface area (Å²) in [5.41, 5.74) is 2.81. The molecule has 0 saturated carbocycles. The largest absolute Gasteiger partial charge is 0.379 e. The molecule has 190 valence electrons. The SMILES string of the molecule is C[C@H](OC1CCCCO1)c1nccn1Cc1cc(-c2ccc(C#CCCN3CCOCC3)cc2)on1. The maximum atomic E-state index is 6.10. The summed E-state index contributed by atoms with van der Waals surface area (Å²) in [6.07, 6.45) is 7.43. The molecule has 0 aliphatic carbocycles. The maximum Gasteiger partial charge on any atom is 0.167 e. The normalized spacial score (nSPS) is 19.5. The lowest BCUT2D eigenvalue weighted by molar-refractivity contribution is -0.188. The Balaban J connectivity index is 1.15. The fourth-order valence-corrected chi connectivity index (χ4v) is 4.54. The van der Waals surface area contributed by atoms with Crippen molar-refractivity contribution in [2.75, 3.05) is 39.5 Å². The number of ether oxygens (including phenoxy) is 3. The highest BCUT2D eigenvalue weighted by atomic mass is 16.7. The molecule has 0 radical (unpaired) electrons. The number of nitrogens with zero attached hydrogens (tertiary/aromatic N) is 4. The van der Waals surface area contributed by atoms with Crippen molar-refractivity contribution >= 4 is 0 Å². The standard InChI is InChI=1S/C28H34N4O4/c1-22(35-27-7-3-5-17-34-27)28-29-12-14-32(28)21-25-20-26(36-30-25)24-10-8-23(9-11-24)6-2-4-13-31-15-18-33-19-16-31/h8-12,14,20,22,27H,3-5,7,13,15-19,21H2,1H3/t22-,27?/m0/s1. The van der Waals surface area contributed by atoms with Crippen molar-refractivity contribution in [3.63, 3.8) is 0 Å². The lowest BCUT2D eigenvalue weighted by atomic mass is 10.1. The van der Waals surface area contributed by atoms with E-state index >= 15 is 0 Å². The van der Waals surface area contributed by atoms with Gasteiger partial charge < -0.3 is 23.3 Å². The first kappa shape index (κ1) is 24.7. The molecule has 1 unspecified atom stereocenters. The van der Waals surface area contributed by atoms with Gasteiger partial charge in [0.25, 0.3) is 0 Å². The van der Waals surface area contributed by atoms with E-state index in [9.17, 15) is 0 Å². The highest BCUT2D eigenvalue weighted by Gasteiger charge is 2.21. The lowest BCUT2D eigenvalue weighted by Gasteiger charge is -2.26. The second-order valence-electron chi connectivity index (χ2n) is 9.25. The molecule has 0 spiro atoms. The Morgan fingerprint density at radius 1 is 1.14 bits per heavy atom. The molecular weight excluding hydrogens is 456 g/mol. The first-order valence-electron chi connectivity index (χ1n) is 12.9. The lowest BCUT2D eigenvalue weighted by Crippen LogP contribution is -2.36. The van der Waals surface area contributed by atoms with Gasteiger partial charge in [-0.1, -0.05) is 17.0 Å². The van der Waals surface area contributed by atoms with Crippen LogP contribution >= 0.6 is 0 Å². The molecular formula is C28H34N4O4. The van der Waals surface area contributed by atoms with Crippen molar-refractivity contribution in [2.45, 2.75) is 51.5 Å². The first-order valence-corrected chi connectivity index (χ1v) is 12.9. The zero-order valence-electron chi connectivity index (χ0n) is 20.9. The molecule has 4 heterocycles. The van der Waals surface area contributed by atoms with E-state index in [0.29, 0.717) is 6.54 Å². The van der Waals surface area contributed by atoms with Crippen molar-refractivity contribution < 1.29 is 18.7 Å². The molecule has 2 aromatic heterocycles. The van der Waals surface area contributed by atoms with Gasteiger partial charge in [-0.05, 0) is 50.5 Å². The number of aromatic nitrogens is 3. The van der Waals surface area contributed by atoms with E-state index in [0.717, 1.165) is 93.5 Å². The van der Waals surface area contributed by atoms with Crippen molar-refractivity contribution in [1.29, 1.82) is 0 Å². The molecule has 2 saturated heterocycles. The summed E-state index contributed by atoms with van der Waals surface area (Å²) in [5.74, 6) is 8.13. The molecule has 2 aliphatic heterocycles. The van der Waals surface area contributed by atoms with Gasteiger partial charge in [0.1, 0.15) is 17.6 Å². The molecule has 0 amide bonds. The Morgan fingerprint density at radius 3 is 2.81 bits per heavy atom. The summed E-state index contributed by atoms with van der Waals surface area (Å²) in [6.45, 7) is 7.97. The fourth-order valence-electron chi connectivity index (χ4n) is 4.54. The fraction of sp³-hybridized carbons (Fsp3) is 0.500. The molecule has 3 aromatic rings. The number of hydrogen-bond donors (Lipinski definition) is 0. The topological polar surface area (TPSA) is 74.8 Å². The Morgan fingerprint density at radius 2 is 2.00 bits per heavy atom. The van der Waals surface area contributed by atoms with Crippen LogP contribution in [0, 0.1) is 11.8 Å². The second kappa shape index (κ2) is 12.3. The molecule has 36 heavy (non-hydrogen) atoms. The van der Waals surface area contributed by atoms with Gasteiger partial charge in [0.05, 0.1) is 19.8 Å². The summed E-state index contributed by atoms with van der Waals surface area (Å²) < 4.78 is 24.9. The third-order valence-electron chi connectivity index (χ3n) is 6.56. The summed E-state index contributed by atoms with van der Waals surface area (Å²) in [4.78, 5) is 6.91. The number of morpholine rings is 1. The van der Waals surface area contributed by atoms with Crippen LogP contribution in [0.4, 0.5) is 0 Å². The smallest absolute Gasteiger partial charge is 0.167 e. The number of hydrogen-bond acceptors (Lipinski definition) is 7. The zero-order chi connectivity index (χ0) is 24.6. The van der Waals surface area contributed by atoms with Gasteiger partial charge in [-0.25, -0.2) is 4.98 Å². The highest BCUT2D eigenvalue weighted by Crippen LogP contribution is 2.25. The van der Waals surface area contributed by atoms with Gasteiger partial charge in [-0.15, -0.1) is 0 Å². The first-order chi connectivity index (χ1) is 17.7. The highest BCUT2D eigenvalue weighted by molar-refractivity contribution is 5.59. The van der Waals surface area contributed by atoms with Crippen molar-refractivity contribution in [3.05, 3.63) is 59.8 Å². The van der Waals surface area contributed by atoms with Crippen molar-refractivity contribution in [2.24, 2.45) is 0 Å². The Bertz CT molecular complexity index is 1150. The van der Waals surface area contributed by atoms with Crippen LogP contribution in [0.3, 0.4) is 0 Å². The average molecular weight is 491 g/mol. The van der Waals surface area contributed by atoms with E-state index in [-0.39, 0.29) is 12.4 Å². The summed E-state index contributed by atoms with van der Waals surface area (Å²) in [5, 5.41) is 4.28. The molecule has 2 fully saturated rings. The molecule has 2 aliphatic rings. The molecule has 8 nitrogen and oxygen atoms in total. The molecule has 8 heteroatoms. The van der Waals surface area contributed by atoms with E-state index in [2.05, 4.69) is 26.9 Å². The Kier molecular flexibility index (Phi) is 8.47. The van der Waals surface area contributed by atoms with Crippen molar-refractivity contribution in [1.82, 2.24) is 19.6 Å². The van der Waals surface area contributed by atoms with E-state index in [4.69, 9.17) is 18.7 Å². The van der Waals surface area contributed by atoms with Crippen LogP contribution < -0.4 is 0 Å². The van der Waals surface area contributed by atoms with E-state index < -0.39 is 0 Å². The van der Waals surface area contributed by atoms with Gasteiger partial charge >= 0.3 is 0 Å². The Hall–Kier alpha value is -2.96. The second-order valence-corrected chi connectivity index (χ2v) is 9.25. The summed E-state index contributed by atoms with van der Waals surface area (Å²) in [7, 11) is 0. The van der Waals surface area contributed by atoms with Crippen LogP contribution in [0.15, 0.2) is 47.2 Å². The van der Waals surface area contributed by atoms with Crippen molar-refractivity contribution in [3.8, 4) is 23.2 Å². The third-order valence-corrected chi connectivity index (χ3v) is 6.56. The maximum absolute atomic E-state index is 6.10. The van der Waals surface area contributed by atoms with E-state index in [1.165, 1.54) is 0 Å². The van der Waals surface area contributed by atoms with Crippen LogP contribution in [0.25, 0.3) is 11.3 Å². The van der Waals surface area contributed by atoms with Gasteiger partial charge in [0, 0.05) is 62.2 Å². The van der Waals surface area contributed by atoms with Crippen LogP contribution in [0.1, 0.15) is 55.8 Å². The third kappa shape index (κ3) is 6.62. The molecule has 2 atom stereocenters. The molecule has 0 bridgehead atoms. The van der Waals surface area contributed by atoms with Crippen LogP contribution in [-0.4, -0.2) is 65.4 Å². The molecule has 0 N–H and O–H groups in total. The number of imidazole rings is 1. The van der Waals surface area contributed by atoms with Gasteiger partial charge in [-0.3, -0.25) is 4.90 Å². The van der Waals surface area contributed by atoms with Crippen LogP contribution in [0.5, 0.6) is 0 Å². The minimum Gasteiger partial charge on any atom is -0.379 e. The predicted octanol–water partition coefficient (Wildman–Crippen LogP) is 4.26. The summed E-state index contributed by atoms with van der Waals surface area (Å²) >= 11 is 0. The average Bonchev–Trinajstić information content (AvgIpc) is 3.58. The number of benzene rings is 1. The van der Waals surface area contributed by atoms with Crippen LogP contribution in [0.2, 0.25) is 0 Å². The van der Waals surface area contributed by atoms with Gasteiger partial charge in [-0.2, -0.15) is 0 Å².